The number of hydrogen-bond acceptors (Lipinski definition) is 2. The second-order valence-electron chi connectivity index (χ2n) is 8.40. The van der Waals surface area contributed by atoms with E-state index in [1.54, 1.807) is 0 Å². The SMILES string of the molecule is Cc1cc(-c2ccccc2)cc(C)c1-c1ncccc1-c1cc(CC(C)C)ccn1. The van der Waals surface area contributed by atoms with Gasteiger partial charge in [-0.2, -0.15) is 0 Å². The third kappa shape index (κ3) is 4.18. The average Bonchev–Trinajstić information content (AvgIpc) is 2.74. The number of aryl methyl sites for hydroxylation is 2. The zero-order valence-electron chi connectivity index (χ0n) is 18.2. The van der Waals surface area contributed by atoms with Crippen molar-refractivity contribution in [1.82, 2.24) is 9.97 Å². The van der Waals surface area contributed by atoms with Crippen molar-refractivity contribution in [2.75, 3.05) is 0 Å². The molecule has 0 fully saturated rings. The summed E-state index contributed by atoms with van der Waals surface area (Å²) < 4.78 is 0. The van der Waals surface area contributed by atoms with Crippen LogP contribution in [0.5, 0.6) is 0 Å². The van der Waals surface area contributed by atoms with Gasteiger partial charge >= 0.3 is 0 Å². The van der Waals surface area contributed by atoms with Crippen molar-refractivity contribution in [3.63, 3.8) is 0 Å². The van der Waals surface area contributed by atoms with E-state index in [-0.39, 0.29) is 0 Å². The van der Waals surface area contributed by atoms with Crippen LogP contribution in [0.4, 0.5) is 0 Å². The molecule has 2 aromatic heterocycles. The normalized spacial score (nSPS) is 11.1. The van der Waals surface area contributed by atoms with E-state index < -0.39 is 0 Å². The van der Waals surface area contributed by atoms with Crippen LogP contribution in [0.3, 0.4) is 0 Å². The molecule has 0 unspecified atom stereocenters. The lowest BCUT2D eigenvalue weighted by molar-refractivity contribution is 0.647. The molecule has 150 valence electrons. The minimum atomic E-state index is 0.614. The van der Waals surface area contributed by atoms with Gasteiger partial charge in [-0.15, -0.1) is 0 Å². The van der Waals surface area contributed by atoms with Crippen molar-refractivity contribution in [3.05, 3.63) is 95.8 Å². The number of rotatable bonds is 5. The number of pyridine rings is 2. The molecule has 4 aromatic rings. The molecule has 2 heterocycles. The molecular weight excluding hydrogens is 364 g/mol. The van der Waals surface area contributed by atoms with Gasteiger partial charge in [0, 0.05) is 23.5 Å². The molecule has 0 saturated carbocycles. The van der Waals surface area contributed by atoms with Crippen LogP contribution < -0.4 is 0 Å². The van der Waals surface area contributed by atoms with Gasteiger partial charge in [0.1, 0.15) is 0 Å². The van der Waals surface area contributed by atoms with Gasteiger partial charge < -0.3 is 0 Å². The quantitative estimate of drug-likeness (QED) is 0.356. The molecule has 0 aliphatic heterocycles. The topological polar surface area (TPSA) is 25.8 Å². The summed E-state index contributed by atoms with van der Waals surface area (Å²) in [5.74, 6) is 0.614. The monoisotopic (exact) mass is 392 g/mol. The van der Waals surface area contributed by atoms with Gasteiger partial charge in [-0.05, 0) is 78.3 Å². The number of benzene rings is 2. The Morgan fingerprint density at radius 3 is 2.17 bits per heavy atom. The van der Waals surface area contributed by atoms with Crippen molar-refractivity contribution < 1.29 is 0 Å². The summed E-state index contributed by atoms with van der Waals surface area (Å²) in [4.78, 5) is 9.49. The van der Waals surface area contributed by atoms with Crippen molar-refractivity contribution in [2.45, 2.75) is 34.1 Å². The minimum absolute atomic E-state index is 0.614. The molecule has 0 aliphatic rings. The highest BCUT2D eigenvalue weighted by Crippen LogP contribution is 2.36. The Balaban J connectivity index is 1.82. The Kier molecular flexibility index (Phi) is 5.76. The third-order valence-corrected chi connectivity index (χ3v) is 5.43. The molecule has 30 heavy (non-hydrogen) atoms. The Bertz CT molecular complexity index is 1140. The van der Waals surface area contributed by atoms with Crippen LogP contribution in [-0.2, 0) is 6.42 Å². The fourth-order valence-electron chi connectivity index (χ4n) is 4.17. The first-order valence-electron chi connectivity index (χ1n) is 10.6. The Morgan fingerprint density at radius 1 is 0.733 bits per heavy atom. The van der Waals surface area contributed by atoms with Crippen LogP contribution in [0.1, 0.15) is 30.5 Å². The van der Waals surface area contributed by atoms with Crippen LogP contribution in [0.2, 0.25) is 0 Å². The predicted octanol–water partition coefficient (Wildman–Crippen LogP) is 7.29. The summed E-state index contributed by atoms with van der Waals surface area (Å²) in [5.41, 5.74) is 10.5. The van der Waals surface area contributed by atoms with Crippen LogP contribution in [0.15, 0.2) is 79.1 Å². The molecule has 0 atom stereocenters. The van der Waals surface area contributed by atoms with Crippen LogP contribution in [0, 0.1) is 19.8 Å². The predicted molar refractivity (Wildman–Crippen MR) is 126 cm³/mol. The minimum Gasteiger partial charge on any atom is -0.256 e. The van der Waals surface area contributed by atoms with Gasteiger partial charge in [-0.25, -0.2) is 0 Å². The maximum absolute atomic E-state index is 4.80. The van der Waals surface area contributed by atoms with Crippen LogP contribution >= 0.6 is 0 Å². The largest absolute Gasteiger partial charge is 0.256 e. The van der Waals surface area contributed by atoms with Gasteiger partial charge in [-0.1, -0.05) is 56.3 Å². The lowest BCUT2D eigenvalue weighted by atomic mass is 9.91. The fraction of sp³-hybridized carbons (Fsp3) is 0.214. The molecular formula is C28H28N2. The van der Waals surface area contributed by atoms with E-state index in [9.17, 15) is 0 Å². The maximum atomic E-state index is 4.80. The van der Waals surface area contributed by atoms with Crippen molar-refractivity contribution in [2.24, 2.45) is 5.92 Å². The first-order chi connectivity index (χ1) is 14.5. The van der Waals surface area contributed by atoms with E-state index in [1.165, 1.54) is 33.4 Å². The van der Waals surface area contributed by atoms with Gasteiger partial charge in [-0.3, -0.25) is 9.97 Å². The lowest BCUT2D eigenvalue weighted by Gasteiger charge is -2.16. The summed E-state index contributed by atoms with van der Waals surface area (Å²) in [6, 6.07) is 23.5. The van der Waals surface area contributed by atoms with Gasteiger partial charge in [0.15, 0.2) is 0 Å². The van der Waals surface area contributed by atoms with E-state index in [1.807, 2.05) is 18.5 Å². The molecule has 0 spiro atoms. The first-order valence-corrected chi connectivity index (χ1v) is 10.6. The van der Waals surface area contributed by atoms with E-state index in [4.69, 9.17) is 4.98 Å². The average molecular weight is 393 g/mol. The lowest BCUT2D eigenvalue weighted by Crippen LogP contribution is -1.98. The van der Waals surface area contributed by atoms with Crippen molar-refractivity contribution in [3.8, 4) is 33.6 Å². The fourth-order valence-corrected chi connectivity index (χ4v) is 4.17. The van der Waals surface area contributed by atoms with Crippen molar-refractivity contribution >= 4 is 0 Å². The van der Waals surface area contributed by atoms with Crippen LogP contribution in [-0.4, -0.2) is 9.97 Å². The maximum Gasteiger partial charge on any atom is 0.0801 e. The number of aromatic nitrogens is 2. The molecule has 0 bridgehead atoms. The summed E-state index contributed by atoms with van der Waals surface area (Å²) in [6.45, 7) is 8.85. The van der Waals surface area contributed by atoms with E-state index in [0.29, 0.717) is 5.92 Å². The molecule has 0 N–H and O–H groups in total. The zero-order valence-corrected chi connectivity index (χ0v) is 18.2. The summed E-state index contributed by atoms with van der Waals surface area (Å²) in [7, 11) is 0. The highest BCUT2D eigenvalue weighted by Gasteiger charge is 2.16. The summed E-state index contributed by atoms with van der Waals surface area (Å²) in [5, 5.41) is 0. The Morgan fingerprint density at radius 2 is 1.47 bits per heavy atom. The van der Waals surface area contributed by atoms with E-state index in [0.717, 1.165) is 23.4 Å². The third-order valence-electron chi connectivity index (χ3n) is 5.43. The smallest absolute Gasteiger partial charge is 0.0801 e. The molecule has 0 aliphatic carbocycles. The van der Waals surface area contributed by atoms with Crippen molar-refractivity contribution in [1.29, 1.82) is 0 Å². The van der Waals surface area contributed by atoms with E-state index in [2.05, 4.69) is 93.3 Å². The highest BCUT2D eigenvalue weighted by molar-refractivity contribution is 5.84. The molecule has 2 nitrogen and oxygen atoms in total. The van der Waals surface area contributed by atoms with Crippen LogP contribution in [0.25, 0.3) is 33.6 Å². The molecule has 2 aromatic carbocycles. The summed E-state index contributed by atoms with van der Waals surface area (Å²) >= 11 is 0. The zero-order chi connectivity index (χ0) is 21.1. The van der Waals surface area contributed by atoms with Gasteiger partial charge in [0.25, 0.3) is 0 Å². The second-order valence-corrected chi connectivity index (χ2v) is 8.40. The molecule has 0 saturated heterocycles. The van der Waals surface area contributed by atoms with Gasteiger partial charge in [0.05, 0.1) is 11.4 Å². The number of hydrogen-bond donors (Lipinski definition) is 0. The van der Waals surface area contributed by atoms with Gasteiger partial charge in [0.2, 0.25) is 0 Å². The summed E-state index contributed by atoms with van der Waals surface area (Å²) in [6.07, 6.45) is 4.85. The number of nitrogens with zero attached hydrogens (tertiary/aromatic N) is 2. The molecule has 0 amide bonds. The standard InChI is InChI=1S/C28H28N2/c1-19(2)15-22-12-14-29-26(18-22)25-11-8-13-30-28(25)27-20(3)16-24(17-21(27)4)23-9-6-5-7-10-23/h5-14,16-19H,15H2,1-4H3. The Hall–Kier alpha value is -3.26. The molecule has 2 heteroatoms. The first kappa shape index (κ1) is 20.0. The molecule has 4 rings (SSSR count). The van der Waals surface area contributed by atoms with E-state index >= 15 is 0 Å². The molecule has 0 radical (unpaired) electrons. The highest BCUT2D eigenvalue weighted by atomic mass is 14.7. The Labute approximate surface area is 179 Å². The second kappa shape index (κ2) is 8.62.